The van der Waals surface area contributed by atoms with E-state index in [1.165, 1.54) is 11.9 Å². The first kappa shape index (κ1) is 21.8. The van der Waals surface area contributed by atoms with Gasteiger partial charge in [0.1, 0.15) is 6.04 Å². The number of hydrogen-bond acceptors (Lipinski definition) is 2. The SMILES string of the molecule is CNC(=O)C(C)N(Cc1ccc(Cl)c(Cl)c1)C(=O)Cc1ccc(Cl)c(Cl)c1. The molecule has 2 aromatic carbocycles. The molecule has 0 aromatic heterocycles. The molecule has 0 bridgehead atoms. The first-order valence-corrected chi connectivity index (χ1v) is 9.63. The Morgan fingerprint density at radius 3 is 1.96 bits per heavy atom. The lowest BCUT2D eigenvalue weighted by molar-refractivity contribution is -0.139. The van der Waals surface area contributed by atoms with Crippen molar-refractivity contribution in [3.8, 4) is 0 Å². The molecule has 1 unspecified atom stereocenters. The lowest BCUT2D eigenvalue weighted by atomic mass is 10.1. The molecule has 0 heterocycles. The highest BCUT2D eigenvalue weighted by molar-refractivity contribution is 6.42. The Morgan fingerprint density at radius 2 is 1.44 bits per heavy atom. The summed E-state index contributed by atoms with van der Waals surface area (Å²) in [5.74, 6) is -0.492. The number of carbonyl (C=O) groups is 2. The number of amides is 2. The number of benzene rings is 2. The first-order valence-electron chi connectivity index (χ1n) is 8.11. The van der Waals surface area contributed by atoms with Gasteiger partial charge in [-0.15, -0.1) is 0 Å². The molecule has 2 amide bonds. The average molecular weight is 448 g/mol. The molecule has 0 aliphatic carbocycles. The molecule has 1 N–H and O–H groups in total. The fraction of sp³-hybridized carbons (Fsp3) is 0.263. The van der Waals surface area contributed by atoms with Gasteiger partial charge in [-0.3, -0.25) is 9.59 Å². The summed E-state index contributed by atoms with van der Waals surface area (Å²) in [6, 6.07) is 9.45. The monoisotopic (exact) mass is 446 g/mol. The van der Waals surface area contributed by atoms with Gasteiger partial charge < -0.3 is 10.2 Å². The second-order valence-corrected chi connectivity index (χ2v) is 7.61. The third-order valence-electron chi connectivity index (χ3n) is 4.09. The Labute approximate surface area is 178 Å². The minimum absolute atomic E-state index is 0.0829. The van der Waals surface area contributed by atoms with Crippen molar-refractivity contribution in [3.63, 3.8) is 0 Å². The van der Waals surface area contributed by atoms with Crippen LogP contribution in [0.5, 0.6) is 0 Å². The van der Waals surface area contributed by atoms with Crippen LogP contribution in [0.15, 0.2) is 36.4 Å². The van der Waals surface area contributed by atoms with E-state index in [2.05, 4.69) is 5.32 Å². The summed E-state index contributed by atoms with van der Waals surface area (Å²) < 4.78 is 0. The van der Waals surface area contributed by atoms with Crippen LogP contribution >= 0.6 is 46.4 Å². The molecular weight excluding hydrogens is 430 g/mol. The molecule has 0 fully saturated rings. The molecule has 8 heteroatoms. The van der Waals surface area contributed by atoms with Crippen LogP contribution in [0.3, 0.4) is 0 Å². The lowest BCUT2D eigenvalue weighted by Gasteiger charge is -2.28. The number of carbonyl (C=O) groups excluding carboxylic acids is 2. The first-order chi connectivity index (χ1) is 12.7. The molecule has 2 aromatic rings. The van der Waals surface area contributed by atoms with Crippen LogP contribution in [-0.2, 0) is 22.6 Å². The maximum Gasteiger partial charge on any atom is 0.242 e. The summed E-state index contributed by atoms with van der Waals surface area (Å²) >= 11 is 24.0. The molecule has 2 rings (SSSR count). The summed E-state index contributed by atoms with van der Waals surface area (Å²) in [6.45, 7) is 1.88. The standard InChI is InChI=1S/C19H18Cl4N2O2/c1-11(19(27)24-2)25(10-13-4-6-15(21)17(23)8-13)18(26)9-12-3-5-14(20)16(22)7-12/h3-8,11H,9-10H2,1-2H3,(H,24,27). The van der Waals surface area contributed by atoms with E-state index >= 15 is 0 Å². The molecule has 0 spiro atoms. The fourth-order valence-electron chi connectivity index (χ4n) is 2.55. The molecule has 0 saturated carbocycles. The Balaban J connectivity index is 2.27. The van der Waals surface area contributed by atoms with Crippen LogP contribution in [0.4, 0.5) is 0 Å². The highest BCUT2D eigenvalue weighted by atomic mass is 35.5. The number of hydrogen-bond donors (Lipinski definition) is 1. The van der Waals surface area contributed by atoms with Crippen LogP contribution in [0.25, 0.3) is 0 Å². The normalized spacial score (nSPS) is 11.8. The van der Waals surface area contributed by atoms with Gasteiger partial charge in [-0.25, -0.2) is 0 Å². The number of rotatable bonds is 6. The summed E-state index contributed by atoms with van der Waals surface area (Å²) in [7, 11) is 1.53. The van der Waals surface area contributed by atoms with Crippen LogP contribution in [0, 0.1) is 0 Å². The third-order valence-corrected chi connectivity index (χ3v) is 5.57. The molecule has 0 aliphatic heterocycles. The van der Waals surface area contributed by atoms with Crippen LogP contribution in [0.1, 0.15) is 18.1 Å². The van der Waals surface area contributed by atoms with Crippen molar-refractivity contribution in [2.45, 2.75) is 25.9 Å². The Hall–Kier alpha value is -1.46. The molecule has 144 valence electrons. The molecular formula is C19H18Cl4N2O2. The molecule has 0 aliphatic rings. The molecule has 0 saturated heterocycles. The van der Waals surface area contributed by atoms with E-state index in [-0.39, 0.29) is 24.8 Å². The number of nitrogens with zero attached hydrogens (tertiary/aromatic N) is 1. The van der Waals surface area contributed by atoms with E-state index in [0.717, 1.165) is 5.56 Å². The predicted molar refractivity (Wildman–Crippen MR) is 111 cm³/mol. The van der Waals surface area contributed by atoms with E-state index in [4.69, 9.17) is 46.4 Å². The summed E-state index contributed by atoms with van der Waals surface area (Å²) in [5, 5.41) is 4.17. The molecule has 27 heavy (non-hydrogen) atoms. The summed E-state index contributed by atoms with van der Waals surface area (Å²) in [6.07, 6.45) is 0.0829. The van der Waals surface area contributed by atoms with Gasteiger partial charge in [-0.05, 0) is 42.3 Å². The maximum atomic E-state index is 12.9. The Bertz CT molecular complexity index is 858. The summed E-state index contributed by atoms with van der Waals surface area (Å²) in [5.41, 5.74) is 1.47. The van der Waals surface area contributed by atoms with Gasteiger partial charge in [0.2, 0.25) is 11.8 Å². The number of likely N-dealkylation sites (N-methyl/N-ethyl adjacent to an activating group) is 1. The second kappa shape index (κ2) is 9.65. The average Bonchev–Trinajstić information content (AvgIpc) is 2.64. The summed E-state index contributed by atoms with van der Waals surface area (Å²) in [4.78, 5) is 26.6. The highest BCUT2D eigenvalue weighted by Gasteiger charge is 2.25. The molecule has 4 nitrogen and oxygen atoms in total. The van der Waals surface area contributed by atoms with Crippen molar-refractivity contribution in [2.75, 3.05) is 7.05 Å². The quantitative estimate of drug-likeness (QED) is 0.676. The van der Waals surface area contributed by atoms with Crippen molar-refractivity contribution >= 4 is 58.2 Å². The zero-order valence-corrected chi connectivity index (χ0v) is 17.8. The van der Waals surface area contributed by atoms with Gasteiger partial charge in [-0.1, -0.05) is 58.5 Å². The van der Waals surface area contributed by atoms with Crippen molar-refractivity contribution in [1.82, 2.24) is 10.2 Å². The minimum Gasteiger partial charge on any atom is -0.357 e. The third kappa shape index (κ3) is 5.76. The van der Waals surface area contributed by atoms with Gasteiger partial charge in [0, 0.05) is 13.6 Å². The Morgan fingerprint density at radius 1 is 0.926 bits per heavy atom. The predicted octanol–water partition coefficient (Wildman–Crippen LogP) is 5.01. The number of nitrogens with one attached hydrogen (secondary N) is 1. The van der Waals surface area contributed by atoms with Gasteiger partial charge in [0.05, 0.1) is 26.5 Å². The van der Waals surface area contributed by atoms with Gasteiger partial charge >= 0.3 is 0 Å². The van der Waals surface area contributed by atoms with Crippen molar-refractivity contribution in [3.05, 3.63) is 67.6 Å². The van der Waals surface area contributed by atoms with E-state index in [1.54, 1.807) is 43.3 Å². The highest BCUT2D eigenvalue weighted by Crippen LogP contribution is 2.25. The molecule has 1 atom stereocenters. The van der Waals surface area contributed by atoms with Crippen molar-refractivity contribution in [1.29, 1.82) is 0 Å². The number of halogens is 4. The van der Waals surface area contributed by atoms with Crippen LogP contribution < -0.4 is 5.32 Å². The van der Waals surface area contributed by atoms with Gasteiger partial charge in [0.25, 0.3) is 0 Å². The molecule has 0 radical (unpaired) electrons. The van der Waals surface area contributed by atoms with Crippen LogP contribution in [0.2, 0.25) is 20.1 Å². The van der Waals surface area contributed by atoms with E-state index in [9.17, 15) is 9.59 Å². The van der Waals surface area contributed by atoms with Gasteiger partial charge in [0.15, 0.2) is 0 Å². The minimum atomic E-state index is -0.667. The smallest absolute Gasteiger partial charge is 0.242 e. The van der Waals surface area contributed by atoms with Crippen molar-refractivity contribution < 1.29 is 9.59 Å². The maximum absolute atomic E-state index is 12.9. The van der Waals surface area contributed by atoms with E-state index in [1.807, 2.05) is 0 Å². The largest absolute Gasteiger partial charge is 0.357 e. The fourth-order valence-corrected chi connectivity index (χ4v) is 3.19. The van der Waals surface area contributed by atoms with E-state index in [0.29, 0.717) is 25.7 Å². The lowest BCUT2D eigenvalue weighted by Crippen LogP contribution is -2.47. The van der Waals surface area contributed by atoms with Crippen LogP contribution in [-0.4, -0.2) is 29.8 Å². The van der Waals surface area contributed by atoms with Gasteiger partial charge in [-0.2, -0.15) is 0 Å². The Kier molecular flexibility index (Phi) is 7.80. The topological polar surface area (TPSA) is 49.4 Å². The van der Waals surface area contributed by atoms with E-state index < -0.39 is 6.04 Å². The zero-order valence-electron chi connectivity index (χ0n) is 14.7. The second-order valence-electron chi connectivity index (χ2n) is 5.99. The van der Waals surface area contributed by atoms with Crippen molar-refractivity contribution in [2.24, 2.45) is 0 Å². The zero-order chi connectivity index (χ0) is 20.1.